The summed E-state index contributed by atoms with van der Waals surface area (Å²) in [5.41, 5.74) is 0.966. The average Bonchev–Trinajstić information content (AvgIpc) is 2.38. The zero-order valence-corrected chi connectivity index (χ0v) is 10.1. The van der Waals surface area contributed by atoms with Gasteiger partial charge in [-0.2, -0.15) is 4.39 Å². The summed E-state index contributed by atoms with van der Waals surface area (Å²) in [4.78, 5) is 15.2. The van der Waals surface area contributed by atoms with Crippen LogP contribution in [0.5, 0.6) is 0 Å². The van der Waals surface area contributed by atoms with E-state index in [1.165, 1.54) is 18.2 Å². The van der Waals surface area contributed by atoms with Crippen LogP contribution in [0.1, 0.15) is 16.1 Å². The zero-order valence-electron chi connectivity index (χ0n) is 9.36. The van der Waals surface area contributed by atoms with Gasteiger partial charge in [-0.15, -0.1) is 0 Å². The van der Waals surface area contributed by atoms with Crippen LogP contribution in [0.2, 0.25) is 5.02 Å². The minimum Gasteiger partial charge on any atom is -0.347 e. The molecule has 0 unspecified atom stereocenters. The Morgan fingerprint density at radius 2 is 1.94 bits per heavy atom. The highest BCUT2D eigenvalue weighted by molar-refractivity contribution is 6.30. The maximum absolute atomic E-state index is 12.8. The van der Waals surface area contributed by atoms with Crippen molar-refractivity contribution in [2.75, 3.05) is 0 Å². The lowest BCUT2D eigenvalue weighted by Crippen LogP contribution is -2.23. The lowest BCUT2D eigenvalue weighted by atomic mass is 10.2. The summed E-state index contributed by atoms with van der Waals surface area (Å²) in [7, 11) is 0. The van der Waals surface area contributed by atoms with E-state index in [-0.39, 0.29) is 5.69 Å². The SMILES string of the molecule is O=C(NCc1ccc(Cl)cc1)c1cccc(F)n1. The standard InChI is InChI=1S/C13H10ClFN2O/c14-10-6-4-9(5-7-10)8-16-13(18)11-2-1-3-12(15)17-11/h1-7H,8H2,(H,16,18). The number of halogens is 2. The fraction of sp³-hybridized carbons (Fsp3) is 0.0769. The van der Waals surface area contributed by atoms with Crippen LogP contribution < -0.4 is 5.32 Å². The largest absolute Gasteiger partial charge is 0.347 e. The van der Waals surface area contributed by atoms with Gasteiger partial charge in [0, 0.05) is 11.6 Å². The van der Waals surface area contributed by atoms with E-state index in [1.54, 1.807) is 12.1 Å². The molecule has 0 atom stereocenters. The molecule has 0 saturated heterocycles. The first-order valence-corrected chi connectivity index (χ1v) is 5.68. The Morgan fingerprint density at radius 3 is 2.61 bits per heavy atom. The van der Waals surface area contributed by atoms with Crippen LogP contribution in [0.25, 0.3) is 0 Å². The van der Waals surface area contributed by atoms with Gasteiger partial charge in [-0.3, -0.25) is 4.79 Å². The monoisotopic (exact) mass is 264 g/mol. The quantitative estimate of drug-likeness (QED) is 0.866. The second-order valence-electron chi connectivity index (χ2n) is 3.65. The third-order valence-electron chi connectivity index (χ3n) is 2.31. The fourth-order valence-electron chi connectivity index (χ4n) is 1.41. The van der Waals surface area contributed by atoms with E-state index in [2.05, 4.69) is 10.3 Å². The molecule has 1 amide bonds. The van der Waals surface area contributed by atoms with E-state index in [1.807, 2.05) is 12.1 Å². The smallest absolute Gasteiger partial charge is 0.270 e. The molecule has 0 aliphatic carbocycles. The Bertz CT molecular complexity index is 557. The molecule has 0 aliphatic heterocycles. The molecular weight excluding hydrogens is 255 g/mol. The van der Waals surface area contributed by atoms with E-state index in [9.17, 15) is 9.18 Å². The molecule has 0 fully saturated rings. The highest BCUT2D eigenvalue weighted by Gasteiger charge is 2.07. The molecule has 0 bridgehead atoms. The lowest BCUT2D eigenvalue weighted by molar-refractivity contribution is 0.0945. The number of aromatic nitrogens is 1. The van der Waals surface area contributed by atoms with Crippen molar-refractivity contribution in [1.82, 2.24) is 10.3 Å². The second kappa shape index (κ2) is 5.60. The average molecular weight is 265 g/mol. The van der Waals surface area contributed by atoms with Crippen molar-refractivity contribution >= 4 is 17.5 Å². The molecular formula is C13H10ClFN2O. The highest BCUT2D eigenvalue weighted by Crippen LogP contribution is 2.09. The number of amides is 1. The molecule has 1 aromatic carbocycles. The van der Waals surface area contributed by atoms with Crippen LogP contribution in [0.3, 0.4) is 0 Å². The van der Waals surface area contributed by atoms with Crippen LogP contribution in [0.15, 0.2) is 42.5 Å². The van der Waals surface area contributed by atoms with Crippen molar-refractivity contribution in [2.24, 2.45) is 0 Å². The number of pyridine rings is 1. The molecule has 0 spiro atoms. The molecule has 18 heavy (non-hydrogen) atoms. The van der Waals surface area contributed by atoms with Gasteiger partial charge in [0.05, 0.1) is 0 Å². The van der Waals surface area contributed by atoms with Gasteiger partial charge in [-0.25, -0.2) is 4.98 Å². The molecule has 1 N–H and O–H groups in total. The summed E-state index contributed by atoms with van der Waals surface area (Å²) >= 11 is 5.75. The third-order valence-corrected chi connectivity index (χ3v) is 2.57. The Morgan fingerprint density at radius 1 is 1.22 bits per heavy atom. The van der Waals surface area contributed by atoms with E-state index in [0.29, 0.717) is 11.6 Å². The van der Waals surface area contributed by atoms with Gasteiger partial charge in [0.15, 0.2) is 0 Å². The third kappa shape index (κ3) is 3.28. The minimum absolute atomic E-state index is 0.0592. The Labute approximate surface area is 109 Å². The zero-order chi connectivity index (χ0) is 13.0. The van der Waals surface area contributed by atoms with Crippen LogP contribution in [-0.4, -0.2) is 10.9 Å². The molecule has 0 radical (unpaired) electrons. The normalized spacial score (nSPS) is 10.1. The molecule has 92 valence electrons. The van der Waals surface area contributed by atoms with E-state index in [4.69, 9.17) is 11.6 Å². The Balaban J connectivity index is 1.98. The highest BCUT2D eigenvalue weighted by atomic mass is 35.5. The van der Waals surface area contributed by atoms with Crippen molar-refractivity contribution in [3.05, 3.63) is 64.7 Å². The lowest BCUT2D eigenvalue weighted by Gasteiger charge is -2.04. The van der Waals surface area contributed by atoms with Crippen LogP contribution >= 0.6 is 11.6 Å². The predicted molar refractivity (Wildman–Crippen MR) is 66.8 cm³/mol. The predicted octanol–water partition coefficient (Wildman–Crippen LogP) is 2.80. The van der Waals surface area contributed by atoms with Gasteiger partial charge in [0.1, 0.15) is 5.69 Å². The van der Waals surface area contributed by atoms with Crippen molar-refractivity contribution in [1.29, 1.82) is 0 Å². The van der Waals surface area contributed by atoms with Gasteiger partial charge < -0.3 is 5.32 Å². The first-order chi connectivity index (χ1) is 8.65. The van der Waals surface area contributed by atoms with Crippen molar-refractivity contribution in [3.63, 3.8) is 0 Å². The Hall–Kier alpha value is -1.94. The number of nitrogens with one attached hydrogen (secondary N) is 1. The molecule has 1 aromatic heterocycles. The molecule has 2 rings (SSSR count). The molecule has 2 aromatic rings. The molecule has 3 nitrogen and oxygen atoms in total. The molecule has 0 saturated carbocycles. The second-order valence-corrected chi connectivity index (χ2v) is 4.09. The number of hydrogen-bond acceptors (Lipinski definition) is 2. The molecule has 1 heterocycles. The number of carbonyl (C=O) groups excluding carboxylic acids is 1. The van der Waals surface area contributed by atoms with Gasteiger partial charge >= 0.3 is 0 Å². The number of hydrogen-bond donors (Lipinski definition) is 1. The van der Waals surface area contributed by atoms with Gasteiger partial charge in [-0.1, -0.05) is 29.8 Å². The van der Waals surface area contributed by atoms with E-state index < -0.39 is 11.9 Å². The summed E-state index contributed by atoms with van der Waals surface area (Å²) in [5, 5.41) is 3.29. The number of carbonyl (C=O) groups is 1. The number of benzene rings is 1. The summed E-state index contributed by atoms with van der Waals surface area (Å²) < 4.78 is 12.8. The summed E-state index contributed by atoms with van der Waals surface area (Å²) in [6.45, 7) is 0.341. The summed E-state index contributed by atoms with van der Waals surface area (Å²) in [6, 6.07) is 11.2. The summed E-state index contributed by atoms with van der Waals surface area (Å²) in [6.07, 6.45) is 0. The minimum atomic E-state index is -0.672. The van der Waals surface area contributed by atoms with Crippen LogP contribution in [0, 0.1) is 5.95 Å². The number of nitrogens with zero attached hydrogens (tertiary/aromatic N) is 1. The van der Waals surface area contributed by atoms with Crippen LogP contribution in [-0.2, 0) is 6.54 Å². The molecule has 5 heteroatoms. The molecule has 0 aliphatic rings. The van der Waals surface area contributed by atoms with Crippen molar-refractivity contribution in [2.45, 2.75) is 6.54 Å². The maximum atomic E-state index is 12.8. The maximum Gasteiger partial charge on any atom is 0.270 e. The van der Waals surface area contributed by atoms with Crippen molar-refractivity contribution < 1.29 is 9.18 Å². The number of rotatable bonds is 3. The van der Waals surface area contributed by atoms with Gasteiger partial charge in [0.25, 0.3) is 5.91 Å². The first-order valence-electron chi connectivity index (χ1n) is 5.30. The summed E-state index contributed by atoms with van der Waals surface area (Å²) in [5.74, 6) is -1.08. The van der Waals surface area contributed by atoms with Crippen LogP contribution in [0.4, 0.5) is 4.39 Å². The topological polar surface area (TPSA) is 42.0 Å². The Kier molecular flexibility index (Phi) is 3.89. The van der Waals surface area contributed by atoms with Gasteiger partial charge in [-0.05, 0) is 29.8 Å². The van der Waals surface area contributed by atoms with Gasteiger partial charge in [0.2, 0.25) is 5.95 Å². The van der Waals surface area contributed by atoms with E-state index >= 15 is 0 Å². The van der Waals surface area contributed by atoms with E-state index in [0.717, 1.165) is 5.56 Å². The van der Waals surface area contributed by atoms with Crippen molar-refractivity contribution in [3.8, 4) is 0 Å². The first kappa shape index (κ1) is 12.5. The fourth-order valence-corrected chi connectivity index (χ4v) is 1.54.